The molecule has 2 nitrogen and oxygen atoms in total. The number of alkyl halides is 1. The van der Waals surface area contributed by atoms with E-state index in [-0.39, 0.29) is 5.82 Å². The molecule has 0 spiro atoms. The summed E-state index contributed by atoms with van der Waals surface area (Å²) in [5.74, 6) is -0.365. The van der Waals surface area contributed by atoms with Crippen LogP contribution in [0.1, 0.15) is 6.42 Å². The summed E-state index contributed by atoms with van der Waals surface area (Å²) in [6.45, 7) is 1.62. The first-order valence-corrected chi connectivity index (χ1v) is 4.87. The van der Waals surface area contributed by atoms with E-state index in [9.17, 15) is 8.78 Å². The quantitative estimate of drug-likeness (QED) is 0.813. The van der Waals surface area contributed by atoms with Crippen LogP contribution in [0.3, 0.4) is 0 Å². The summed E-state index contributed by atoms with van der Waals surface area (Å²) in [5, 5.41) is 2.84. The highest BCUT2D eigenvalue weighted by molar-refractivity contribution is 5.45. The molecule has 1 aliphatic heterocycles. The summed E-state index contributed by atoms with van der Waals surface area (Å²) in [7, 11) is 0. The monoisotopic (exact) mass is 212 g/mol. The molecule has 0 saturated carbocycles. The van der Waals surface area contributed by atoms with E-state index in [0.717, 1.165) is 6.61 Å². The Morgan fingerprint density at radius 2 is 2.13 bits per heavy atom. The van der Waals surface area contributed by atoms with Crippen molar-refractivity contribution in [3.05, 3.63) is 36.7 Å². The number of halogens is 2. The molecular formula is C11H12F2NO. The van der Waals surface area contributed by atoms with Gasteiger partial charge >= 0.3 is 0 Å². The maximum absolute atomic E-state index is 13.3. The molecule has 81 valence electrons. The molecule has 1 N–H and O–H groups in total. The zero-order valence-corrected chi connectivity index (χ0v) is 8.12. The number of hydrogen-bond acceptors (Lipinski definition) is 2. The molecule has 1 aliphatic rings. The minimum absolute atomic E-state index is 0.334. The minimum Gasteiger partial charge on any atom is -0.377 e. The molecule has 1 aromatic carbocycles. The minimum atomic E-state index is -1.20. The van der Waals surface area contributed by atoms with Gasteiger partial charge in [-0.15, -0.1) is 0 Å². The van der Waals surface area contributed by atoms with Gasteiger partial charge in [-0.2, -0.15) is 0 Å². The zero-order chi connectivity index (χ0) is 10.7. The molecule has 2 atom stereocenters. The van der Waals surface area contributed by atoms with Gasteiger partial charge in [-0.05, 0) is 18.6 Å². The number of nitrogens with one attached hydrogen (secondary N) is 1. The van der Waals surface area contributed by atoms with Crippen molar-refractivity contribution in [3.8, 4) is 0 Å². The number of para-hydroxylation sites is 1. The van der Waals surface area contributed by atoms with E-state index in [2.05, 4.69) is 5.32 Å². The smallest absolute Gasteiger partial charge is 0.149 e. The van der Waals surface area contributed by atoms with Crippen molar-refractivity contribution in [1.82, 2.24) is 0 Å². The lowest BCUT2D eigenvalue weighted by Gasteiger charge is -2.27. The fourth-order valence-electron chi connectivity index (χ4n) is 1.54. The molecule has 2 unspecified atom stereocenters. The van der Waals surface area contributed by atoms with Gasteiger partial charge in [-0.1, -0.05) is 12.1 Å². The van der Waals surface area contributed by atoms with E-state index < -0.39 is 12.2 Å². The summed E-state index contributed by atoms with van der Waals surface area (Å²) in [6, 6.07) is 5.84. The zero-order valence-electron chi connectivity index (χ0n) is 8.12. The van der Waals surface area contributed by atoms with Gasteiger partial charge in [-0.3, -0.25) is 0 Å². The third-order valence-corrected chi connectivity index (χ3v) is 2.37. The van der Waals surface area contributed by atoms with E-state index in [1.165, 1.54) is 6.07 Å². The van der Waals surface area contributed by atoms with E-state index in [4.69, 9.17) is 4.74 Å². The molecule has 0 bridgehead atoms. The molecule has 4 heteroatoms. The van der Waals surface area contributed by atoms with Crippen LogP contribution in [0.4, 0.5) is 14.5 Å². The maximum atomic E-state index is 13.3. The fraction of sp³-hybridized carbons (Fsp3) is 0.364. The van der Waals surface area contributed by atoms with E-state index in [1.54, 1.807) is 18.2 Å². The van der Waals surface area contributed by atoms with Gasteiger partial charge in [0.15, 0.2) is 0 Å². The highest BCUT2D eigenvalue weighted by Gasteiger charge is 2.26. The van der Waals surface area contributed by atoms with Crippen LogP contribution in [0.25, 0.3) is 0 Å². The largest absolute Gasteiger partial charge is 0.377 e. The van der Waals surface area contributed by atoms with Crippen molar-refractivity contribution in [2.24, 2.45) is 0 Å². The van der Waals surface area contributed by atoms with Crippen LogP contribution in [-0.2, 0) is 4.74 Å². The second kappa shape index (κ2) is 4.57. The van der Waals surface area contributed by atoms with Gasteiger partial charge in [0.1, 0.15) is 18.6 Å². The molecule has 2 rings (SSSR count). The molecule has 0 amide bonds. The van der Waals surface area contributed by atoms with Gasteiger partial charge in [0.25, 0.3) is 0 Å². The van der Waals surface area contributed by atoms with E-state index in [1.807, 2.05) is 0 Å². The number of hydrogen-bond donors (Lipinski definition) is 1. The molecule has 1 heterocycles. The number of anilines is 1. The summed E-state index contributed by atoms with van der Waals surface area (Å²) in [6.07, 6.45) is -0.662. The topological polar surface area (TPSA) is 21.3 Å². The lowest BCUT2D eigenvalue weighted by molar-refractivity contribution is 0.0846. The predicted molar refractivity (Wildman–Crippen MR) is 53.6 cm³/mol. The van der Waals surface area contributed by atoms with Gasteiger partial charge < -0.3 is 10.1 Å². The fourth-order valence-corrected chi connectivity index (χ4v) is 1.54. The van der Waals surface area contributed by atoms with Crippen LogP contribution in [0.15, 0.2) is 24.3 Å². The van der Waals surface area contributed by atoms with Gasteiger partial charge in [-0.25, -0.2) is 8.78 Å². The Labute approximate surface area is 87.2 Å². The van der Waals surface area contributed by atoms with Gasteiger partial charge in [0.05, 0.1) is 11.7 Å². The first-order valence-electron chi connectivity index (χ1n) is 4.87. The Bertz CT molecular complexity index is 332. The Kier molecular flexibility index (Phi) is 3.16. The molecule has 1 aromatic rings. The predicted octanol–water partition coefficient (Wildman–Crippen LogP) is 2.53. The molecule has 1 radical (unpaired) electrons. The Balaban J connectivity index is 2.04. The van der Waals surface area contributed by atoms with Gasteiger partial charge in [0, 0.05) is 6.61 Å². The number of benzene rings is 1. The lowest BCUT2D eigenvalue weighted by atomic mass is 10.1. The summed E-state index contributed by atoms with van der Waals surface area (Å²) in [4.78, 5) is 0. The van der Waals surface area contributed by atoms with Crippen LogP contribution < -0.4 is 5.32 Å². The highest BCUT2D eigenvalue weighted by atomic mass is 19.1. The highest BCUT2D eigenvalue weighted by Crippen LogP contribution is 2.21. The Morgan fingerprint density at radius 3 is 2.87 bits per heavy atom. The second-order valence-corrected chi connectivity index (χ2v) is 3.47. The van der Waals surface area contributed by atoms with Crippen molar-refractivity contribution in [2.45, 2.75) is 18.6 Å². The van der Waals surface area contributed by atoms with Gasteiger partial charge in [0.2, 0.25) is 0 Å². The Hall–Kier alpha value is -1.16. The average Bonchev–Trinajstić information content (AvgIpc) is 2.24. The van der Waals surface area contributed by atoms with Crippen LogP contribution >= 0.6 is 0 Å². The van der Waals surface area contributed by atoms with Crippen molar-refractivity contribution < 1.29 is 13.5 Å². The normalized spacial score (nSPS) is 26.3. The molecule has 0 aromatic heterocycles. The third kappa shape index (κ3) is 2.45. The SMILES string of the molecule is Fc1ccccc1NC1CCO[CH]C1F. The molecule has 1 saturated heterocycles. The average molecular weight is 212 g/mol. The second-order valence-electron chi connectivity index (χ2n) is 3.47. The van der Waals surface area contributed by atoms with Crippen molar-refractivity contribution in [2.75, 3.05) is 11.9 Å². The van der Waals surface area contributed by atoms with Crippen LogP contribution in [0.2, 0.25) is 0 Å². The van der Waals surface area contributed by atoms with Crippen molar-refractivity contribution in [1.29, 1.82) is 0 Å². The summed E-state index contributed by atoms with van der Waals surface area (Å²) >= 11 is 0. The van der Waals surface area contributed by atoms with Crippen molar-refractivity contribution in [3.63, 3.8) is 0 Å². The lowest BCUT2D eigenvalue weighted by Crippen LogP contribution is -2.36. The van der Waals surface area contributed by atoms with Crippen molar-refractivity contribution >= 4 is 5.69 Å². The molecular weight excluding hydrogens is 200 g/mol. The summed E-state index contributed by atoms with van der Waals surface area (Å²) in [5.41, 5.74) is 0.334. The van der Waals surface area contributed by atoms with Crippen LogP contribution in [-0.4, -0.2) is 18.8 Å². The van der Waals surface area contributed by atoms with Crippen LogP contribution in [0, 0.1) is 12.4 Å². The van der Waals surface area contributed by atoms with Crippen LogP contribution in [0.5, 0.6) is 0 Å². The first kappa shape index (κ1) is 10.4. The summed E-state index contributed by atoms with van der Waals surface area (Å²) < 4.78 is 31.4. The number of ether oxygens (including phenoxy) is 1. The first-order chi connectivity index (χ1) is 7.27. The van der Waals surface area contributed by atoms with E-state index >= 15 is 0 Å². The molecule has 1 fully saturated rings. The number of rotatable bonds is 2. The molecule has 0 aliphatic carbocycles. The molecule has 15 heavy (non-hydrogen) atoms. The maximum Gasteiger partial charge on any atom is 0.149 e. The third-order valence-electron chi connectivity index (χ3n) is 2.37. The Morgan fingerprint density at radius 1 is 1.33 bits per heavy atom. The standard InChI is InChI=1S/C11H12F2NO/c12-8-3-1-2-4-10(8)14-11-5-6-15-7-9(11)13/h1-4,7,9,11,14H,5-6H2. The van der Waals surface area contributed by atoms with E-state index in [0.29, 0.717) is 18.7 Å².